The molecule has 0 spiro atoms. The lowest BCUT2D eigenvalue weighted by atomic mass is 10.3. The molecule has 1 rings (SSSR count). The summed E-state index contributed by atoms with van der Waals surface area (Å²) in [5.74, 6) is -0.755. The van der Waals surface area contributed by atoms with Crippen LogP contribution in [0.15, 0.2) is 6.20 Å². The molecule has 0 radical (unpaired) electrons. The van der Waals surface area contributed by atoms with E-state index < -0.39 is 10.9 Å². The average molecular weight is 241 g/mol. The van der Waals surface area contributed by atoms with Gasteiger partial charge in [0.25, 0.3) is 0 Å². The summed E-state index contributed by atoms with van der Waals surface area (Å²) in [6.45, 7) is 4.36. The molecular weight excluding hydrogens is 226 g/mol. The molecule has 0 aliphatic rings. The van der Waals surface area contributed by atoms with Crippen molar-refractivity contribution in [1.29, 1.82) is 0 Å². The van der Waals surface area contributed by atoms with Gasteiger partial charge in [0.1, 0.15) is 6.20 Å². The van der Waals surface area contributed by atoms with Crippen LogP contribution in [-0.4, -0.2) is 27.3 Å². The Balaban J connectivity index is 2.96. The van der Waals surface area contributed by atoms with Crippen LogP contribution in [-0.2, 0) is 11.3 Å². The number of rotatable bonds is 6. The van der Waals surface area contributed by atoms with Crippen molar-refractivity contribution >= 4 is 11.7 Å². The first kappa shape index (κ1) is 13.1. The maximum absolute atomic E-state index is 11.5. The summed E-state index contributed by atoms with van der Waals surface area (Å²) in [6.07, 6.45) is 3.06. The molecule has 0 aromatic carbocycles. The van der Waals surface area contributed by atoms with Gasteiger partial charge in [-0.3, -0.25) is 14.8 Å². The minimum absolute atomic E-state index is 0.164. The van der Waals surface area contributed by atoms with Gasteiger partial charge in [0, 0.05) is 6.54 Å². The number of aryl methyl sites for hydroxylation is 1. The van der Waals surface area contributed by atoms with E-state index in [1.165, 1.54) is 10.9 Å². The van der Waals surface area contributed by atoms with Crippen LogP contribution in [0, 0.1) is 10.1 Å². The molecular formula is C10H15N3O4. The fourth-order valence-electron chi connectivity index (χ4n) is 1.32. The lowest BCUT2D eigenvalue weighted by Gasteiger charge is -1.98. The number of unbranched alkanes of at least 4 members (excludes halogenated alkanes) is 1. The summed E-state index contributed by atoms with van der Waals surface area (Å²) in [6, 6.07) is 0. The number of carbonyl (C=O) groups is 1. The summed E-state index contributed by atoms with van der Waals surface area (Å²) >= 11 is 0. The normalized spacial score (nSPS) is 10.2. The van der Waals surface area contributed by atoms with Crippen LogP contribution in [0.1, 0.15) is 37.2 Å². The van der Waals surface area contributed by atoms with Crippen molar-refractivity contribution in [1.82, 2.24) is 9.78 Å². The highest BCUT2D eigenvalue weighted by Crippen LogP contribution is 2.18. The van der Waals surface area contributed by atoms with Gasteiger partial charge >= 0.3 is 11.7 Å². The minimum atomic E-state index is -0.755. The summed E-state index contributed by atoms with van der Waals surface area (Å²) in [5, 5.41) is 14.7. The molecule has 0 bridgehead atoms. The highest BCUT2D eigenvalue weighted by Gasteiger charge is 2.26. The van der Waals surface area contributed by atoms with Gasteiger partial charge in [0.15, 0.2) is 0 Å². The van der Waals surface area contributed by atoms with Gasteiger partial charge in [0.05, 0.1) is 11.5 Å². The second-order valence-corrected chi connectivity index (χ2v) is 3.46. The molecule has 94 valence electrons. The van der Waals surface area contributed by atoms with E-state index in [1.807, 2.05) is 6.92 Å². The van der Waals surface area contributed by atoms with Gasteiger partial charge in [-0.2, -0.15) is 5.10 Å². The molecule has 1 aromatic rings. The van der Waals surface area contributed by atoms with Crippen LogP contribution in [0.4, 0.5) is 5.69 Å². The number of ether oxygens (including phenoxy) is 1. The Labute approximate surface area is 98.5 Å². The lowest BCUT2D eigenvalue weighted by molar-refractivity contribution is -0.385. The third-order valence-corrected chi connectivity index (χ3v) is 2.15. The molecule has 0 saturated carbocycles. The molecule has 0 saturated heterocycles. The summed E-state index contributed by atoms with van der Waals surface area (Å²) in [5.41, 5.74) is -0.535. The second kappa shape index (κ2) is 5.97. The fourth-order valence-corrected chi connectivity index (χ4v) is 1.32. The van der Waals surface area contributed by atoms with Crippen molar-refractivity contribution in [2.75, 3.05) is 6.61 Å². The second-order valence-electron chi connectivity index (χ2n) is 3.46. The van der Waals surface area contributed by atoms with E-state index in [-0.39, 0.29) is 18.0 Å². The molecule has 0 aliphatic carbocycles. The molecule has 7 heteroatoms. The van der Waals surface area contributed by atoms with Crippen LogP contribution in [0.5, 0.6) is 0 Å². The summed E-state index contributed by atoms with van der Waals surface area (Å²) in [7, 11) is 0. The van der Waals surface area contributed by atoms with Crippen molar-refractivity contribution in [2.24, 2.45) is 0 Å². The van der Waals surface area contributed by atoms with Gasteiger partial charge in [-0.15, -0.1) is 0 Å². The standard InChI is InChI=1S/C10H15N3O4/c1-3-5-6-12-7-8(13(15)16)9(11-12)10(14)17-4-2/h7H,3-6H2,1-2H3. The van der Waals surface area contributed by atoms with Crippen molar-refractivity contribution in [2.45, 2.75) is 33.2 Å². The van der Waals surface area contributed by atoms with E-state index in [0.29, 0.717) is 6.54 Å². The Bertz CT molecular complexity index is 414. The third-order valence-electron chi connectivity index (χ3n) is 2.15. The van der Waals surface area contributed by atoms with Crippen molar-refractivity contribution in [3.05, 3.63) is 22.0 Å². The Morgan fingerprint density at radius 3 is 2.82 bits per heavy atom. The lowest BCUT2D eigenvalue weighted by Crippen LogP contribution is -2.09. The van der Waals surface area contributed by atoms with E-state index in [9.17, 15) is 14.9 Å². The van der Waals surface area contributed by atoms with Crippen LogP contribution in [0.2, 0.25) is 0 Å². The number of carbonyl (C=O) groups excluding carboxylic acids is 1. The molecule has 1 aromatic heterocycles. The van der Waals surface area contributed by atoms with Crippen molar-refractivity contribution in [3.63, 3.8) is 0 Å². The highest BCUT2D eigenvalue weighted by molar-refractivity contribution is 5.91. The molecule has 0 unspecified atom stereocenters. The van der Waals surface area contributed by atoms with Gasteiger partial charge in [0.2, 0.25) is 5.69 Å². The zero-order valence-electron chi connectivity index (χ0n) is 9.88. The maximum atomic E-state index is 11.5. The number of nitro groups is 1. The maximum Gasteiger partial charge on any atom is 0.366 e. The SMILES string of the molecule is CCCCn1cc([N+](=O)[O-])c(C(=O)OCC)n1. The number of hydrogen-bond donors (Lipinski definition) is 0. The van der Waals surface area contributed by atoms with Crippen LogP contribution in [0.3, 0.4) is 0 Å². The van der Waals surface area contributed by atoms with Crippen LogP contribution < -0.4 is 0 Å². The van der Waals surface area contributed by atoms with Gasteiger partial charge in [-0.25, -0.2) is 4.79 Å². The van der Waals surface area contributed by atoms with Crippen molar-refractivity contribution < 1.29 is 14.5 Å². The first-order valence-corrected chi connectivity index (χ1v) is 5.49. The molecule has 0 amide bonds. The molecule has 0 atom stereocenters. The Morgan fingerprint density at radius 1 is 1.59 bits per heavy atom. The average Bonchev–Trinajstić information content (AvgIpc) is 2.71. The van der Waals surface area contributed by atoms with Gasteiger partial charge in [-0.1, -0.05) is 13.3 Å². The Hall–Kier alpha value is -1.92. The number of hydrogen-bond acceptors (Lipinski definition) is 5. The monoisotopic (exact) mass is 241 g/mol. The summed E-state index contributed by atoms with van der Waals surface area (Å²) < 4.78 is 6.13. The zero-order valence-corrected chi connectivity index (χ0v) is 9.88. The van der Waals surface area contributed by atoms with E-state index in [1.54, 1.807) is 6.92 Å². The van der Waals surface area contributed by atoms with E-state index in [0.717, 1.165) is 12.8 Å². The molecule has 17 heavy (non-hydrogen) atoms. The van der Waals surface area contributed by atoms with Crippen LogP contribution in [0.25, 0.3) is 0 Å². The van der Waals surface area contributed by atoms with Gasteiger partial charge < -0.3 is 4.74 Å². The Morgan fingerprint density at radius 2 is 2.29 bits per heavy atom. The van der Waals surface area contributed by atoms with Gasteiger partial charge in [-0.05, 0) is 13.3 Å². The quantitative estimate of drug-likeness (QED) is 0.430. The number of aromatic nitrogens is 2. The van der Waals surface area contributed by atoms with E-state index in [4.69, 9.17) is 4.74 Å². The van der Waals surface area contributed by atoms with Crippen LogP contribution >= 0.6 is 0 Å². The van der Waals surface area contributed by atoms with E-state index in [2.05, 4.69) is 5.10 Å². The third kappa shape index (κ3) is 3.27. The zero-order chi connectivity index (χ0) is 12.8. The minimum Gasteiger partial charge on any atom is -0.461 e. The topological polar surface area (TPSA) is 87.3 Å². The molecule has 0 fully saturated rings. The number of esters is 1. The highest BCUT2D eigenvalue weighted by atomic mass is 16.6. The first-order valence-electron chi connectivity index (χ1n) is 5.49. The largest absolute Gasteiger partial charge is 0.461 e. The fraction of sp³-hybridized carbons (Fsp3) is 0.600. The smallest absolute Gasteiger partial charge is 0.366 e. The molecule has 0 N–H and O–H groups in total. The number of nitrogens with zero attached hydrogens (tertiary/aromatic N) is 3. The first-order chi connectivity index (χ1) is 8.10. The molecule has 1 heterocycles. The predicted molar refractivity (Wildman–Crippen MR) is 59.7 cm³/mol. The molecule has 7 nitrogen and oxygen atoms in total. The van der Waals surface area contributed by atoms with Crippen molar-refractivity contribution in [3.8, 4) is 0 Å². The summed E-state index contributed by atoms with van der Waals surface area (Å²) in [4.78, 5) is 21.6. The Kier molecular flexibility index (Phi) is 4.62. The predicted octanol–water partition coefficient (Wildman–Crippen LogP) is 1.77. The molecule has 0 aliphatic heterocycles. The van der Waals surface area contributed by atoms with E-state index >= 15 is 0 Å².